The van der Waals surface area contributed by atoms with E-state index in [1.165, 1.54) is 11.8 Å². The van der Waals surface area contributed by atoms with Gasteiger partial charge in [-0.15, -0.1) is 16.4 Å². The monoisotopic (exact) mass is 379 g/mol. The van der Waals surface area contributed by atoms with Gasteiger partial charge in [0.2, 0.25) is 11.1 Å². The van der Waals surface area contributed by atoms with Crippen LogP contribution >= 0.6 is 34.7 Å². The van der Waals surface area contributed by atoms with Gasteiger partial charge in [0.15, 0.2) is 0 Å². The number of thioether (sulfide) groups is 1. The molecule has 0 spiro atoms. The number of hydrogen-bond acceptors (Lipinski definition) is 6. The summed E-state index contributed by atoms with van der Waals surface area (Å²) in [6.45, 7) is 2.50. The lowest BCUT2D eigenvalue weighted by Gasteiger charge is -2.08. The maximum Gasteiger partial charge on any atom is 0.234 e. The highest BCUT2D eigenvalue weighted by atomic mass is 35.5. The summed E-state index contributed by atoms with van der Waals surface area (Å²) >= 11 is 8.87. The standard InChI is InChI=1S/C15H14ClN5OS2/c1-10-7-11(16)4-5-13(10)17-14(22)9-24-15-18-19-20-21(15)8-12-3-2-6-23-12/h2-7H,8-9H2,1H3,(H,17,22). The molecule has 0 fully saturated rings. The fraction of sp³-hybridized carbons (Fsp3) is 0.200. The van der Waals surface area contributed by atoms with Crippen molar-refractivity contribution < 1.29 is 4.79 Å². The number of thiophene rings is 1. The number of halogens is 1. The van der Waals surface area contributed by atoms with E-state index in [4.69, 9.17) is 11.6 Å². The van der Waals surface area contributed by atoms with Crippen molar-refractivity contribution in [2.75, 3.05) is 11.1 Å². The summed E-state index contributed by atoms with van der Waals surface area (Å²) in [7, 11) is 0. The van der Waals surface area contributed by atoms with E-state index in [9.17, 15) is 4.79 Å². The number of anilines is 1. The zero-order valence-corrected chi connectivity index (χ0v) is 15.2. The fourth-order valence-electron chi connectivity index (χ4n) is 2.03. The minimum Gasteiger partial charge on any atom is -0.325 e. The summed E-state index contributed by atoms with van der Waals surface area (Å²) in [5, 5.41) is 17.8. The highest BCUT2D eigenvalue weighted by Gasteiger charge is 2.11. The van der Waals surface area contributed by atoms with Gasteiger partial charge in [-0.25, -0.2) is 4.68 Å². The van der Waals surface area contributed by atoms with Gasteiger partial charge in [-0.1, -0.05) is 29.4 Å². The van der Waals surface area contributed by atoms with Crippen molar-refractivity contribution in [1.29, 1.82) is 0 Å². The van der Waals surface area contributed by atoms with Crippen LogP contribution in [0.4, 0.5) is 5.69 Å². The predicted octanol–water partition coefficient (Wildman–Crippen LogP) is 3.48. The molecule has 9 heteroatoms. The number of hydrogen-bond donors (Lipinski definition) is 1. The molecule has 3 rings (SSSR count). The number of aryl methyl sites for hydroxylation is 1. The quantitative estimate of drug-likeness (QED) is 0.664. The molecule has 0 unspecified atom stereocenters. The Hall–Kier alpha value is -1.90. The lowest BCUT2D eigenvalue weighted by molar-refractivity contribution is -0.113. The highest BCUT2D eigenvalue weighted by Crippen LogP contribution is 2.21. The first-order valence-corrected chi connectivity index (χ1v) is 9.33. The molecule has 124 valence electrons. The lowest BCUT2D eigenvalue weighted by Crippen LogP contribution is -2.15. The number of rotatable bonds is 6. The molecular weight excluding hydrogens is 366 g/mol. The molecule has 0 saturated carbocycles. The maximum absolute atomic E-state index is 12.1. The summed E-state index contributed by atoms with van der Waals surface area (Å²) in [5.41, 5.74) is 1.67. The minimum atomic E-state index is -0.115. The van der Waals surface area contributed by atoms with Crippen LogP contribution in [0.1, 0.15) is 10.4 Å². The van der Waals surface area contributed by atoms with Gasteiger partial charge in [-0.3, -0.25) is 4.79 Å². The second-order valence-corrected chi connectivity index (χ2v) is 7.41. The Morgan fingerprint density at radius 2 is 2.29 bits per heavy atom. The molecule has 1 amide bonds. The number of tetrazole rings is 1. The average Bonchev–Trinajstić information content (AvgIpc) is 3.20. The zero-order valence-electron chi connectivity index (χ0n) is 12.8. The SMILES string of the molecule is Cc1cc(Cl)ccc1NC(=O)CSc1nnnn1Cc1cccs1. The normalized spacial score (nSPS) is 10.8. The molecule has 0 radical (unpaired) electrons. The molecule has 6 nitrogen and oxygen atoms in total. The first-order chi connectivity index (χ1) is 11.6. The largest absolute Gasteiger partial charge is 0.325 e. The molecule has 0 atom stereocenters. The van der Waals surface area contributed by atoms with Gasteiger partial charge < -0.3 is 5.32 Å². The Balaban J connectivity index is 1.58. The number of carbonyl (C=O) groups excluding carboxylic acids is 1. The Morgan fingerprint density at radius 3 is 3.04 bits per heavy atom. The van der Waals surface area contributed by atoms with Crippen molar-refractivity contribution in [1.82, 2.24) is 20.2 Å². The molecule has 0 aliphatic carbocycles. The van der Waals surface area contributed by atoms with Crippen molar-refractivity contribution in [2.45, 2.75) is 18.6 Å². The Labute approximate surface area is 152 Å². The van der Waals surface area contributed by atoms with E-state index < -0.39 is 0 Å². The molecule has 0 bridgehead atoms. The Kier molecular flexibility index (Phi) is 5.49. The maximum atomic E-state index is 12.1. The summed E-state index contributed by atoms with van der Waals surface area (Å²) < 4.78 is 1.69. The fourth-order valence-corrected chi connectivity index (χ4v) is 3.62. The second kappa shape index (κ2) is 7.78. The molecule has 1 N–H and O–H groups in total. The van der Waals surface area contributed by atoms with Crippen LogP contribution in [0.2, 0.25) is 5.02 Å². The van der Waals surface area contributed by atoms with E-state index >= 15 is 0 Å². The van der Waals surface area contributed by atoms with Crippen molar-refractivity contribution in [3.63, 3.8) is 0 Å². The van der Waals surface area contributed by atoms with Crippen LogP contribution < -0.4 is 5.32 Å². The van der Waals surface area contributed by atoms with E-state index in [1.807, 2.05) is 30.5 Å². The van der Waals surface area contributed by atoms with Crippen molar-refractivity contribution in [2.24, 2.45) is 0 Å². The number of amides is 1. The molecule has 2 heterocycles. The third-order valence-corrected chi connectivity index (χ3v) is 5.23. The number of carbonyl (C=O) groups is 1. The summed E-state index contributed by atoms with van der Waals surface area (Å²) in [5.74, 6) is 0.114. The highest BCUT2D eigenvalue weighted by molar-refractivity contribution is 7.99. The van der Waals surface area contributed by atoms with Crippen LogP contribution in [0.25, 0.3) is 0 Å². The Bertz CT molecular complexity index is 834. The van der Waals surface area contributed by atoms with Gasteiger partial charge in [0, 0.05) is 15.6 Å². The van der Waals surface area contributed by atoms with Gasteiger partial charge in [-0.05, 0) is 52.6 Å². The topological polar surface area (TPSA) is 72.7 Å². The van der Waals surface area contributed by atoms with Crippen LogP contribution in [-0.4, -0.2) is 31.9 Å². The van der Waals surface area contributed by atoms with Crippen LogP contribution in [0.5, 0.6) is 0 Å². The van der Waals surface area contributed by atoms with E-state index in [0.29, 0.717) is 16.7 Å². The van der Waals surface area contributed by atoms with Gasteiger partial charge in [0.05, 0.1) is 12.3 Å². The van der Waals surface area contributed by atoms with Gasteiger partial charge >= 0.3 is 0 Å². The molecule has 24 heavy (non-hydrogen) atoms. The van der Waals surface area contributed by atoms with Crippen molar-refractivity contribution in [3.8, 4) is 0 Å². The van der Waals surface area contributed by atoms with Crippen LogP contribution in [0, 0.1) is 6.92 Å². The molecule has 0 aliphatic rings. The Morgan fingerprint density at radius 1 is 1.42 bits per heavy atom. The first-order valence-electron chi connectivity index (χ1n) is 7.09. The molecule has 3 aromatic rings. The summed E-state index contributed by atoms with van der Waals surface area (Å²) in [4.78, 5) is 13.3. The van der Waals surface area contributed by atoms with Crippen LogP contribution in [0.3, 0.4) is 0 Å². The van der Waals surface area contributed by atoms with E-state index in [2.05, 4.69) is 20.8 Å². The van der Waals surface area contributed by atoms with Gasteiger partial charge in [-0.2, -0.15) is 0 Å². The third-order valence-electron chi connectivity index (χ3n) is 3.18. The number of nitrogens with one attached hydrogen (secondary N) is 1. The molecular formula is C15H14ClN5OS2. The second-order valence-electron chi connectivity index (χ2n) is 4.99. The zero-order chi connectivity index (χ0) is 16.9. The van der Waals surface area contributed by atoms with E-state index in [1.54, 1.807) is 28.2 Å². The van der Waals surface area contributed by atoms with Gasteiger partial charge in [0.25, 0.3) is 0 Å². The molecule has 0 aliphatic heterocycles. The minimum absolute atomic E-state index is 0.115. The van der Waals surface area contributed by atoms with Gasteiger partial charge in [0.1, 0.15) is 0 Å². The summed E-state index contributed by atoms with van der Waals surface area (Å²) in [6.07, 6.45) is 0. The van der Waals surface area contributed by atoms with E-state index in [-0.39, 0.29) is 11.7 Å². The van der Waals surface area contributed by atoms with Crippen LogP contribution in [0.15, 0.2) is 40.9 Å². The average molecular weight is 380 g/mol. The lowest BCUT2D eigenvalue weighted by atomic mass is 10.2. The van der Waals surface area contributed by atoms with Crippen LogP contribution in [-0.2, 0) is 11.3 Å². The third kappa shape index (κ3) is 4.34. The first kappa shape index (κ1) is 16.9. The van der Waals surface area contributed by atoms with Crippen molar-refractivity contribution in [3.05, 3.63) is 51.2 Å². The van der Waals surface area contributed by atoms with E-state index in [0.717, 1.165) is 16.1 Å². The number of benzene rings is 1. The predicted molar refractivity (Wildman–Crippen MR) is 96.8 cm³/mol. The molecule has 1 aromatic carbocycles. The number of nitrogens with zero attached hydrogens (tertiary/aromatic N) is 4. The molecule has 2 aromatic heterocycles. The smallest absolute Gasteiger partial charge is 0.234 e. The van der Waals surface area contributed by atoms with Crippen molar-refractivity contribution >= 4 is 46.3 Å². The number of aromatic nitrogens is 4. The molecule has 0 saturated heterocycles. The summed E-state index contributed by atoms with van der Waals surface area (Å²) in [6, 6.07) is 9.36.